The highest BCUT2D eigenvalue weighted by Crippen LogP contribution is 2.38. The van der Waals surface area contributed by atoms with Crippen LogP contribution in [0.5, 0.6) is 0 Å². The maximum absolute atomic E-state index is 13.4. The molecule has 0 radical (unpaired) electrons. The second-order valence-electron chi connectivity index (χ2n) is 10.2. The summed E-state index contributed by atoms with van der Waals surface area (Å²) >= 11 is 0. The van der Waals surface area contributed by atoms with E-state index in [2.05, 4.69) is 28.6 Å². The number of benzene rings is 1. The molecule has 5 heterocycles. The zero-order valence-electron chi connectivity index (χ0n) is 21.1. The standard InChI is InChI=1S/C27H25F4N7O/c1-16(28)26(39)36-14-21(15-36)38-25-22(19-9-33-37(13-19)12-17-10-35(2)11-17)7-8-32-24(25)23(34-38)18-3-5-20(6-4-18)27(29,30)31/h3-9,13,17,21H,1,10-12,14-15H2,2H3. The molecule has 2 aliphatic rings. The van der Waals surface area contributed by atoms with Gasteiger partial charge in [0.1, 0.15) is 11.2 Å². The number of carbonyl (C=O) groups excluding carboxylic acids is 1. The Balaban J connectivity index is 1.41. The van der Waals surface area contributed by atoms with Crippen molar-refractivity contribution in [2.45, 2.75) is 18.8 Å². The van der Waals surface area contributed by atoms with Crippen molar-refractivity contribution in [3.63, 3.8) is 0 Å². The second-order valence-corrected chi connectivity index (χ2v) is 10.2. The lowest BCUT2D eigenvalue weighted by atomic mass is 10.0. The smallest absolute Gasteiger partial charge is 0.332 e. The van der Waals surface area contributed by atoms with Crippen LogP contribution in [-0.2, 0) is 17.5 Å². The summed E-state index contributed by atoms with van der Waals surface area (Å²) in [5.74, 6) is -1.27. The first-order valence-corrected chi connectivity index (χ1v) is 12.5. The van der Waals surface area contributed by atoms with Crippen molar-refractivity contribution in [1.82, 2.24) is 34.3 Å². The third-order valence-corrected chi connectivity index (χ3v) is 7.33. The van der Waals surface area contributed by atoms with Crippen LogP contribution in [0.15, 0.2) is 61.3 Å². The number of amides is 1. The number of halogens is 4. The molecule has 6 rings (SSSR count). The SMILES string of the molecule is C=C(F)C(=O)N1CC(n2nc(-c3ccc(C(F)(F)F)cc3)c3nccc(-c4cnn(CC5CN(C)C5)c4)c32)C1. The van der Waals surface area contributed by atoms with Crippen molar-refractivity contribution in [2.24, 2.45) is 5.92 Å². The van der Waals surface area contributed by atoms with Crippen molar-refractivity contribution in [1.29, 1.82) is 0 Å². The molecule has 39 heavy (non-hydrogen) atoms. The number of nitrogens with zero attached hydrogens (tertiary/aromatic N) is 7. The molecule has 0 unspecified atom stereocenters. The summed E-state index contributed by atoms with van der Waals surface area (Å²) in [7, 11) is 2.08. The third kappa shape index (κ3) is 4.58. The monoisotopic (exact) mass is 539 g/mol. The van der Waals surface area contributed by atoms with Crippen LogP contribution in [0.3, 0.4) is 0 Å². The van der Waals surface area contributed by atoms with E-state index >= 15 is 0 Å². The van der Waals surface area contributed by atoms with E-state index in [1.807, 2.05) is 16.9 Å². The molecule has 0 spiro atoms. The fraction of sp³-hybridized carbons (Fsp3) is 0.333. The Morgan fingerprint density at radius 3 is 2.44 bits per heavy atom. The van der Waals surface area contributed by atoms with E-state index in [0.717, 1.165) is 42.9 Å². The summed E-state index contributed by atoms with van der Waals surface area (Å²) in [4.78, 5) is 20.2. The Morgan fingerprint density at radius 2 is 1.79 bits per heavy atom. The van der Waals surface area contributed by atoms with Crippen LogP contribution >= 0.6 is 0 Å². The fourth-order valence-corrected chi connectivity index (χ4v) is 5.33. The van der Waals surface area contributed by atoms with Crippen molar-refractivity contribution in [2.75, 3.05) is 33.2 Å². The number of alkyl halides is 3. The van der Waals surface area contributed by atoms with E-state index in [4.69, 9.17) is 5.10 Å². The van der Waals surface area contributed by atoms with Gasteiger partial charge in [-0.3, -0.25) is 19.1 Å². The topological polar surface area (TPSA) is 72.1 Å². The normalized spacial score (nSPS) is 16.9. The summed E-state index contributed by atoms with van der Waals surface area (Å²) in [6.45, 7) is 6.34. The lowest BCUT2D eigenvalue weighted by Gasteiger charge is -2.39. The van der Waals surface area contributed by atoms with Gasteiger partial charge in [0.15, 0.2) is 5.83 Å². The number of pyridine rings is 1. The molecule has 1 aromatic carbocycles. The van der Waals surface area contributed by atoms with Gasteiger partial charge in [0.05, 0.1) is 23.3 Å². The number of carbonyl (C=O) groups is 1. The van der Waals surface area contributed by atoms with Gasteiger partial charge in [-0.05, 0) is 25.2 Å². The first-order chi connectivity index (χ1) is 18.6. The zero-order valence-corrected chi connectivity index (χ0v) is 21.1. The molecular weight excluding hydrogens is 514 g/mol. The highest BCUT2D eigenvalue weighted by Gasteiger charge is 2.36. The number of aromatic nitrogens is 5. The lowest BCUT2D eigenvalue weighted by molar-refractivity contribution is -0.137. The maximum Gasteiger partial charge on any atom is 0.416 e. The molecular formula is C27H25F4N7O. The summed E-state index contributed by atoms with van der Waals surface area (Å²) in [5, 5.41) is 9.31. The van der Waals surface area contributed by atoms with E-state index < -0.39 is 23.5 Å². The Kier molecular flexibility index (Phi) is 6.01. The third-order valence-electron chi connectivity index (χ3n) is 7.33. The highest BCUT2D eigenvalue weighted by atomic mass is 19.4. The quantitative estimate of drug-likeness (QED) is 0.268. The molecule has 12 heteroatoms. The average Bonchev–Trinajstić information content (AvgIpc) is 3.47. The predicted molar refractivity (Wildman–Crippen MR) is 136 cm³/mol. The maximum atomic E-state index is 13.4. The van der Waals surface area contributed by atoms with E-state index in [1.165, 1.54) is 17.0 Å². The highest BCUT2D eigenvalue weighted by molar-refractivity contribution is 5.99. The van der Waals surface area contributed by atoms with Crippen molar-refractivity contribution in [3.8, 4) is 22.4 Å². The molecule has 202 valence electrons. The minimum Gasteiger partial charge on any atom is -0.332 e. The van der Waals surface area contributed by atoms with Gasteiger partial charge in [0.2, 0.25) is 0 Å². The van der Waals surface area contributed by atoms with Gasteiger partial charge in [0, 0.05) is 67.7 Å². The minimum absolute atomic E-state index is 0.216. The number of hydrogen-bond donors (Lipinski definition) is 0. The fourth-order valence-electron chi connectivity index (χ4n) is 5.33. The van der Waals surface area contributed by atoms with Gasteiger partial charge in [-0.15, -0.1) is 0 Å². The molecule has 0 N–H and O–H groups in total. The van der Waals surface area contributed by atoms with Crippen LogP contribution in [0, 0.1) is 5.92 Å². The van der Waals surface area contributed by atoms with Crippen LogP contribution in [-0.4, -0.2) is 73.5 Å². The molecule has 8 nitrogen and oxygen atoms in total. The Hall–Kier alpha value is -4.06. The Morgan fingerprint density at radius 1 is 1.08 bits per heavy atom. The zero-order chi connectivity index (χ0) is 27.5. The molecule has 2 fully saturated rings. The summed E-state index contributed by atoms with van der Waals surface area (Å²) < 4.78 is 56.5. The van der Waals surface area contributed by atoms with Crippen LogP contribution < -0.4 is 0 Å². The number of hydrogen-bond acceptors (Lipinski definition) is 5. The first-order valence-electron chi connectivity index (χ1n) is 12.5. The predicted octanol–water partition coefficient (Wildman–Crippen LogP) is 4.41. The molecule has 4 aromatic rings. The number of fused-ring (bicyclic) bond motifs is 1. The molecule has 0 atom stereocenters. The number of likely N-dealkylation sites (tertiary alicyclic amines) is 2. The van der Waals surface area contributed by atoms with Crippen LogP contribution in [0.4, 0.5) is 17.6 Å². The van der Waals surface area contributed by atoms with E-state index in [0.29, 0.717) is 28.2 Å². The Bertz CT molecular complexity index is 1560. The summed E-state index contributed by atoms with van der Waals surface area (Å²) in [5.41, 5.74) is 2.98. The molecule has 0 bridgehead atoms. The molecule has 1 amide bonds. The van der Waals surface area contributed by atoms with Crippen molar-refractivity contribution >= 4 is 16.9 Å². The van der Waals surface area contributed by atoms with Gasteiger partial charge in [-0.25, -0.2) is 4.39 Å². The van der Waals surface area contributed by atoms with Gasteiger partial charge in [-0.2, -0.15) is 23.4 Å². The van der Waals surface area contributed by atoms with E-state index in [-0.39, 0.29) is 19.1 Å². The van der Waals surface area contributed by atoms with Gasteiger partial charge in [0.25, 0.3) is 5.91 Å². The molecule has 0 aliphatic carbocycles. The lowest BCUT2D eigenvalue weighted by Crippen LogP contribution is -2.51. The summed E-state index contributed by atoms with van der Waals surface area (Å²) in [6.07, 6.45) is 0.921. The average molecular weight is 540 g/mol. The van der Waals surface area contributed by atoms with Crippen molar-refractivity contribution in [3.05, 3.63) is 66.9 Å². The Labute approximate surface area is 221 Å². The van der Waals surface area contributed by atoms with Gasteiger partial charge < -0.3 is 9.80 Å². The largest absolute Gasteiger partial charge is 0.416 e. The van der Waals surface area contributed by atoms with E-state index in [1.54, 1.807) is 17.1 Å². The number of rotatable bonds is 6. The van der Waals surface area contributed by atoms with E-state index in [9.17, 15) is 22.4 Å². The molecule has 0 saturated carbocycles. The molecule has 2 aliphatic heterocycles. The van der Waals surface area contributed by atoms with Gasteiger partial charge >= 0.3 is 6.18 Å². The second kappa shape index (κ2) is 9.30. The minimum atomic E-state index is -4.46. The first kappa shape index (κ1) is 25.2. The van der Waals surface area contributed by atoms with Crippen molar-refractivity contribution < 1.29 is 22.4 Å². The van der Waals surface area contributed by atoms with Gasteiger partial charge in [-0.1, -0.05) is 18.7 Å². The molecule has 3 aromatic heterocycles. The van der Waals surface area contributed by atoms with Crippen LogP contribution in [0.25, 0.3) is 33.4 Å². The van der Waals surface area contributed by atoms with Crippen LogP contribution in [0.1, 0.15) is 11.6 Å². The molecule has 2 saturated heterocycles. The summed E-state index contributed by atoms with van der Waals surface area (Å²) in [6, 6.07) is 6.36. The van der Waals surface area contributed by atoms with Crippen LogP contribution in [0.2, 0.25) is 0 Å².